The smallest absolute Gasteiger partial charge is 0.120 e. The SMILES string of the molecule is COc1cccc(N2CCNC(CC#N)C2)c1. The molecule has 0 saturated carbocycles. The molecule has 0 bridgehead atoms. The standard InChI is InChI=1S/C13H17N3O/c1-17-13-4-2-3-12(9-13)16-8-7-15-11(10-16)5-6-14/h2-4,9,11,15H,5,7-8,10H2,1H3. The molecule has 1 fully saturated rings. The van der Waals surface area contributed by atoms with Gasteiger partial charge in [0.1, 0.15) is 5.75 Å². The maximum absolute atomic E-state index is 8.73. The summed E-state index contributed by atoms with van der Waals surface area (Å²) in [7, 11) is 1.68. The Bertz CT molecular complexity index is 413. The van der Waals surface area contributed by atoms with Crippen LogP contribution in [0.25, 0.3) is 0 Å². The summed E-state index contributed by atoms with van der Waals surface area (Å²) >= 11 is 0. The average Bonchev–Trinajstić information content (AvgIpc) is 2.40. The molecule has 1 heterocycles. The maximum Gasteiger partial charge on any atom is 0.120 e. The Morgan fingerprint density at radius 1 is 1.59 bits per heavy atom. The average molecular weight is 231 g/mol. The van der Waals surface area contributed by atoms with Crippen molar-refractivity contribution in [3.63, 3.8) is 0 Å². The number of nitriles is 1. The lowest BCUT2D eigenvalue weighted by molar-refractivity contribution is 0.414. The molecule has 4 nitrogen and oxygen atoms in total. The van der Waals surface area contributed by atoms with Crippen molar-refractivity contribution < 1.29 is 4.74 Å². The van der Waals surface area contributed by atoms with E-state index in [0.29, 0.717) is 6.42 Å². The molecule has 1 saturated heterocycles. The van der Waals surface area contributed by atoms with Crippen LogP contribution in [0.15, 0.2) is 24.3 Å². The highest BCUT2D eigenvalue weighted by Gasteiger charge is 2.19. The van der Waals surface area contributed by atoms with Gasteiger partial charge in [-0.2, -0.15) is 5.26 Å². The van der Waals surface area contributed by atoms with Crippen molar-refractivity contribution in [3.8, 4) is 11.8 Å². The van der Waals surface area contributed by atoms with E-state index in [2.05, 4.69) is 22.4 Å². The summed E-state index contributed by atoms with van der Waals surface area (Å²) in [5.41, 5.74) is 1.16. The minimum atomic E-state index is 0.264. The molecule has 1 aromatic rings. The van der Waals surface area contributed by atoms with E-state index in [1.807, 2.05) is 18.2 Å². The van der Waals surface area contributed by atoms with Gasteiger partial charge in [-0.3, -0.25) is 0 Å². The molecule has 90 valence electrons. The van der Waals surface area contributed by atoms with Crippen molar-refractivity contribution in [3.05, 3.63) is 24.3 Å². The second-order valence-corrected chi connectivity index (χ2v) is 4.16. The summed E-state index contributed by atoms with van der Waals surface area (Å²) in [4.78, 5) is 2.29. The number of nitrogens with zero attached hydrogens (tertiary/aromatic N) is 2. The zero-order chi connectivity index (χ0) is 12.1. The van der Waals surface area contributed by atoms with Gasteiger partial charge in [0.25, 0.3) is 0 Å². The van der Waals surface area contributed by atoms with Gasteiger partial charge in [-0.1, -0.05) is 6.07 Å². The highest BCUT2D eigenvalue weighted by Crippen LogP contribution is 2.22. The van der Waals surface area contributed by atoms with Crippen LogP contribution in [-0.4, -0.2) is 32.8 Å². The molecule has 0 amide bonds. The van der Waals surface area contributed by atoms with Gasteiger partial charge < -0.3 is 15.0 Å². The first kappa shape index (κ1) is 11.7. The molecule has 4 heteroatoms. The normalized spacial score (nSPS) is 19.8. The second kappa shape index (κ2) is 5.55. The third-order valence-electron chi connectivity index (χ3n) is 3.01. The summed E-state index contributed by atoms with van der Waals surface area (Å²) in [6, 6.07) is 10.5. The van der Waals surface area contributed by atoms with Crippen LogP contribution < -0.4 is 15.0 Å². The van der Waals surface area contributed by atoms with E-state index in [1.54, 1.807) is 7.11 Å². The Labute approximate surface area is 102 Å². The van der Waals surface area contributed by atoms with E-state index >= 15 is 0 Å². The largest absolute Gasteiger partial charge is 0.497 e. The molecule has 0 aromatic heterocycles. The fraction of sp³-hybridized carbons (Fsp3) is 0.462. The van der Waals surface area contributed by atoms with Crippen LogP contribution in [0.2, 0.25) is 0 Å². The predicted molar refractivity (Wildman–Crippen MR) is 67.2 cm³/mol. The van der Waals surface area contributed by atoms with Crippen LogP contribution in [0.3, 0.4) is 0 Å². The summed E-state index contributed by atoms with van der Waals surface area (Å²) in [6.07, 6.45) is 0.556. The van der Waals surface area contributed by atoms with Gasteiger partial charge in [0.15, 0.2) is 0 Å². The summed E-state index contributed by atoms with van der Waals surface area (Å²) in [5, 5.41) is 12.1. The van der Waals surface area contributed by atoms with E-state index in [-0.39, 0.29) is 6.04 Å². The zero-order valence-electron chi connectivity index (χ0n) is 10.0. The Hall–Kier alpha value is -1.73. The van der Waals surface area contributed by atoms with Gasteiger partial charge >= 0.3 is 0 Å². The number of piperazine rings is 1. The highest BCUT2D eigenvalue weighted by atomic mass is 16.5. The number of benzene rings is 1. The fourth-order valence-electron chi connectivity index (χ4n) is 2.11. The van der Waals surface area contributed by atoms with Crippen molar-refractivity contribution in [2.45, 2.75) is 12.5 Å². The molecule has 0 radical (unpaired) electrons. The predicted octanol–water partition coefficient (Wildman–Crippen LogP) is 1.39. The van der Waals surface area contributed by atoms with Gasteiger partial charge in [-0.15, -0.1) is 0 Å². The molecule has 0 spiro atoms. The van der Waals surface area contributed by atoms with E-state index in [4.69, 9.17) is 10.00 Å². The number of hydrogen-bond donors (Lipinski definition) is 1. The van der Waals surface area contributed by atoms with E-state index < -0.39 is 0 Å². The molecular weight excluding hydrogens is 214 g/mol. The molecule has 1 aliphatic rings. The lowest BCUT2D eigenvalue weighted by atomic mass is 10.1. The van der Waals surface area contributed by atoms with E-state index in [9.17, 15) is 0 Å². The van der Waals surface area contributed by atoms with Crippen LogP contribution >= 0.6 is 0 Å². The minimum Gasteiger partial charge on any atom is -0.497 e. The van der Waals surface area contributed by atoms with Crippen molar-refractivity contribution in [2.24, 2.45) is 0 Å². The number of anilines is 1. The summed E-state index contributed by atoms with van der Waals surface area (Å²) < 4.78 is 5.23. The molecule has 1 N–H and O–H groups in total. The molecule has 17 heavy (non-hydrogen) atoms. The van der Waals surface area contributed by atoms with Gasteiger partial charge in [-0.25, -0.2) is 0 Å². The lowest BCUT2D eigenvalue weighted by Gasteiger charge is -2.34. The lowest BCUT2D eigenvalue weighted by Crippen LogP contribution is -2.50. The molecule has 1 aliphatic heterocycles. The first-order chi connectivity index (χ1) is 8.33. The van der Waals surface area contributed by atoms with Gasteiger partial charge in [0, 0.05) is 37.4 Å². The van der Waals surface area contributed by atoms with Crippen LogP contribution in [0, 0.1) is 11.3 Å². The fourth-order valence-corrected chi connectivity index (χ4v) is 2.11. The van der Waals surface area contributed by atoms with Crippen molar-refractivity contribution >= 4 is 5.69 Å². The maximum atomic E-state index is 8.73. The third kappa shape index (κ3) is 2.89. The summed E-state index contributed by atoms with van der Waals surface area (Å²) in [5.74, 6) is 0.873. The number of hydrogen-bond acceptors (Lipinski definition) is 4. The first-order valence-electron chi connectivity index (χ1n) is 5.83. The number of nitrogens with one attached hydrogen (secondary N) is 1. The van der Waals surface area contributed by atoms with Crippen molar-refractivity contribution in [2.75, 3.05) is 31.6 Å². The van der Waals surface area contributed by atoms with Crippen molar-refractivity contribution in [1.82, 2.24) is 5.32 Å². The Balaban J connectivity index is 2.08. The van der Waals surface area contributed by atoms with Gasteiger partial charge in [0.2, 0.25) is 0 Å². The number of ether oxygens (including phenoxy) is 1. The summed E-state index contributed by atoms with van der Waals surface area (Å²) in [6.45, 7) is 2.76. The molecule has 1 atom stereocenters. The Morgan fingerprint density at radius 2 is 2.47 bits per heavy atom. The Kier molecular flexibility index (Phi) is 3.84. The van der Waals surface area contributed by atoms with Gasteiger partial charge in [-0.05, 0) is 12.1 Å². The van der Waals surface area contributed by atoms with E-state index in [1.165, 1.54) is 0 Å². The van der Waals surface area contributed by atoms with Crippen LogP contribution in [-0.2, 0) is 0 Å². The molecular formula is C13H17N3O. The van der Waals surface area contributed by atoms with Crippen LogP contribution in [0.1, 0.15) is 6.42 Å². The number of rotatable bonds is 3. The van der Waals surface area contributed by atoms with E-state index in [0.717, 1.165) is 31.1 Å². The number of methoxy groups -OCH3 is 1. The topological polar surface area (TPSA) is 48.3 Å². The second-order valence-electron chi connectivity index (χ2n) is 4.16. The van der Waals surface area contributed by atoms with Crippen LogP contribution in [0.5, 0.6) is 5.75 Å². The molecule has 2 rings (SSSR count). The Morgan fingerprint density at radius 3 is 3.24 bits per heavy atom. The minimum absolute atomic E-state index is 0.264. The van der Waals surface area contributed by atoms with Crippen molar-refractivity contribution in [1.29, 1.82) is 5.26 Å². The highest BCUT2D eigenvalue weighted by molar-refractivity contribution is 5.51. The first-order valence-corrected chi connectivity index (χ1v) is 5.83. The molecule has 1 unspecified atom stereocenters. The quantitative estimate of drug-likeness (QED) is 0.854. The van der Waals surface area contributed by atoms with Gasteiger partial charge in [0.05, 0.1) is 19.6 Å². The van der Waals surface area contributed by atoms with Crippen LogP contribution in [0.4, 0.5) is 5.69 Å². The third-order valence-corrected chi connectivity index (χ3v) is 3.01. The molecule has 1 aromatic carbocycles. The zero-order valence-corrected chi connectivity index (χ0v) is 10.0. The molecule has 0 aliphatic carbocycles. The monoisotopic (exact) mass is 231 g/mol.